The first-order chi connectivity index (χ1) is 8.37. The molecule has 0 saturated carbocycles. The van der Waals surface area contributed by atoms with Crippen molar-refractivity contribution in [1.29, 1.82) is 0 Å². The molecule has 1 aromatic heterocycles. The summed E-state index contributed by atoms with van der Waals surface area (Å²) in [4.78, 5) is 2.89. The Balaban J connectivity index is 3.08. The van der Waals surface area contributed by atoms with Crippen LogP contribution in [0.4, 0.5) is 13.2 Å². The predicted octanol–water partition coefficient (Wildman–Crippen LogP) is 1.72. The highest BCUT2D eigenvalue weighted by atomic mass is 35.5. The summed E-state index contributed by atoms with van der Waals surface area (Å²) in [5.41, 5.74) is 0. The van der Waals surface area contributed by atoms with E-state index in [1.165, 1.54) is 0 Å². The summed E-state index contributed by atoms with van der Waals surface area (Å²) in [7, 11) is -4.21. The van der Waals surface area contributed by atoms with Gasteiger partial charge >= 0.3 is 0 Å². The fourth-order valence-corrected chi connectivity index (χ4v) is 2.94. The Morgan fingerprint density at radius 3 is 2.56 bits per heavy atom. The van der Waals surface area contributed by atoms with Gasteiger partial charge in [0.2, 0.25) is 10.0 Å². The molecule has 0 radical (unpaired) electrons. The molecule has 0 spiro atoms. The summed E-state index contributed by atoms with van der Waals surface area (Å²) in [6.07, 6.45) is -1.13. The Kier molecular flexibility index (Phi) is 5.36. The summed E-state index contributed by atoms with van der Waals surface area (Å²) in [5, 5.41) is 0. The van der Waals surface area contributed by atoms with E-state index in [9.17, 15) is 21.6 Å². The minimum atomic E-state index is -4.21. The second-order valence-corrected chi connectivity index (χ2v) is 5.60. The van der Waals surface area contributed by atoms with Crippen LogP contribution >= 0.6 is 11.6 Å². The van der Waals surface area contributed by atoms with Crippen LogP contribution in [0.3, 0.4) is 0 Å². The summed E-state index contributed by atoms with van der Waals surface area (Å²) in [6.45, 7) is -1.28. The smallest absolute Gasteiger partial charge is 0.252 e. The molecule has 0 aliphatic heterocycles. The lowest BCUT2D eigenvalue weighted by molar-refractivity contribution is 0.121. The molecule has 102 valence electrons. The van der Waals surface area contributed by atoms with Gasteiger partial charge in [0.05, 0.1) is 12.7 Å². The topological polar surface area (TPSA) is 50.3 Å². The maximum absolute atomic E-state index is 12.9. The third-order valence-electron chi connectivity index (χ3n) is 1.99. The van der Waals surface area contributed by atoms with E-state index in [1.807, 2.05) is 0 Å². The molecule has 0 aliphatic carbocycles. The molecule has 9 heteroatoms. The van der Waals surface area contributed by atoms with Crippen molar-refractivity contribution in [3.63, 3.8) is 0 Å². The molecule has 1 rings (SSSR count). The average Bonchev–Trinajstić information content (AvgIpc) is 2.28. The van der Waals surface area contributed by atoms with Crippen molar-refractivity contribution in [1.82, 2.24) is 9.29 Å². The van der Waals surface area contributed by atoms with E-state index in [2.05, 4.69) is 4.98 Å². The van der Waals surface area contributed by atoms with Crippen LogP contribution in [0.15, 0.2) is 23.4 Å². The fourth-order valence-electron chi connectivity index (χ4n) is 1.24. The molecule has 0 fully saturated rings. The van der Waals surface area contributed by atoms with Crippen molar-refractivity contribution in [3.8, 4) is 0 Å². The highest BCUT2D eigenvalue weighted by molar-refractivity contribution is 7.89. The highest BCUT2D eigenvalue weighted by Crippen LogP contribution is 2.16. The van der Waals surface area contributed by atoms with Crippen molar-refractivity contribution in [3.05, 3.63) is 24.3 Å². The van der Waals surface area contributed by atoms with E-state index in [-0.39, 0.29) is 12.4 Å². The third kappa shape index (κ3) is 3.82. The molecule has 0 unspecified atom stereocenters. The molecule has 1 heterocycles. The van der Waals surface area contributed by atoms with Crippen molar-refractivity contribution in [2.75, 3.05) is 19.0 Å². The third-order valence-corrected chi connectivity index (χ3v) is 3.99. The van der Waals surface area contributed by atoms with Crippen LogP contribution in [0.5, 0.6) is 0 Å². The highest BCUT2D eigenvalue weighted by Gasteiger charge is 2.27. The van der Waals surface area contributed by atoms with Gasteiger partial charge in [0.15, 0.2) is 0 Å². The van der Waals surface area contributed by atoms with Gasteiger partial charge in [-0.3, -0.25) is 4.98 Å². The molecule has 0 amide bonds. The van der Waals surface area contributed by atoms with E-state index in [4.69, 9.17) is 11.6 Å². The largest absolute Gasteiger partial charge is 0.260 e. The van der Waals surface area contributed by atoms with Gasteiger partial charge in [0, 0.05) is 18.6 Å². The van der Waals surface area contributed by atoms with Gasteiger partial charge in [-0.2, -0.15) is 4.31 Å². The van der Waals surface area contributed by atoms with Crippen molar-refractivity contribution in [2.24, 2.45) is 0 Å². The van der Waals surface area contributed by atoms with Crippen LogP contribution in [0.2, 0.25) is 0 Å². The number of halogens is 4. The fraction of sp³-hybridized carbons (Fsp3) is 0.444. The van der Waals surface area contributed by atoms with Crippen molar-refractivity contribution >= 4 is 21.6 Å². The molecule has 0 saturated heterocycles. The van der Waals surface area contributed by atoms with Crippen molar-refractivity contribution < 1.29 is 21.6 Å². The molecular weight excluding hydrogens is 293 g/mol. The Morgan fingerprint density at radius 2 is 2.06 bits per heavy atom. The molecule has 0 aliphatic rings. The van der Waals surface area contributed by atoms with Crippen LogP contribution in [-0.2, 0) is 10.0 Å². The van der Waals surface area contributed by atoms with Gasteiger partial charge in [-0.25, -0.2) is 21.6 Å². The first-order valence-corrected chi connectivity index (χ1v) is 6.80. The molecule has 18 heavy (non-hydrogen) atoms. The van der Waals surface area contributed by atoms with E-state index >= 15 is 0 Å². The summed E-state index contributed by atoms with van der Waals surface area (Å²) in [5.74, 6) is -1.01. The number of alkyl halides is 3. The maximum Gasteiger partial charge on any atom is 0.252 e. The second-order valence-electron chi connectivity index (χ2n) is 3.28. The van der Waals surface area contributed by atoms with E-state index < -0.39 is 33.7 Å². The number of rotatable bonds is 6. The molecule has 0 bridgehead atoms. The Hall–Kier alpha value is -0.860. The minimum Gasteiger partial charge on any atom is -0.260 e. The number of aromatic nitrogens is 1. The average molecular weight is 303 g/mol. The van der Waals surface area contributed by atoms with Crippen LogP contribution in [0, 0.1) is 5.82 Å². The standard InChI is InChI=1S/C9H10ClF3N2O2S/c10-1-2-15(6-9(12)13)18(16,17)8-3-7(11)4-14-5-8/h3-5,9H,1-2,6H2. The molecule has 4 nitrogen and oxygen atoms in total. The van der Waals surface area contributed by atoms with E-state index in [1.54, 1.807) is 0 Å². The molecular formula is C9H10ClF3N2O2S. The van der Waals surface area contributed by atoms with Crippen LogP contribution in [0.1, 0.15) is 0 Å². The van der Waals surface area contributed by atoms with Crippen molar-refractivity contribution in [2.45, 2.75) is 11.3 Å². The van der Waals surface area contributed by atoms with Gasteiger partial charge in [0.25, 0.3) is 6.43 Å². The molecule has 0 aromatic carbocycles. The monoisotopic (exact) mass is 302 g/mol. The number of nitrogens with zero attached hydrogens (tertiary/aromatic N) is 2. The van der Waals surface area contributed by atoms with Gasteiger partial charge in [0.1, 0.15) is 10.7 Å². The lowest BCUT2D eigenvalue weighted by atomic mass is 10.5. The van der Waals surface area contributed by atoms with Gasteiger partial charge in [-0.15, -0.1) is 11.6 Å². The lowest BCUT2D eigenvalue weighted by Gasteiger charge is -2.20. The van der Waals surface area contributed by atoms with Gasteiger partial charge in [-0.05, 0) is 6.07 Å². The SMILES string of the molecule is O=S(=O)(c1cncc(F)c1)N(CCCl)CC(F)F. The number of pyridine rings is 1. The Labute approximate surface area is 107 Å². The van der Waals surface area contributed by atoms with Crippen LogP contribution in [-0.4, -0.2) is 43.1 Å². The Bertz CT molecular complexity index is 498. The maximum atomic E-state index is 12.9. The minimum absolute atomic E-state index is 0.144. The quantitative estimate of drug-likeness (QED) is 0.752. The van der Waals surface area contributed by atoms with E-state index in [0.29, 0.717) is 4.31 Å². The lowest BCUT2D eigenvalue weighted by Crippen LogP contribution is -2.36. The van der Waals surface area contributed by atoms with Crippen LogP contribution < -0.4 is 0 Å². The number of hydrogen-bond donors (Lipinski definition) is 0. The normalized spacial score (nSPS) is 12.3. The summed E-state index contributed by atoms with van der Waals surface area (Å²) < 4.78 is 61.9. The zero-order valence-corrected chi connectivity index (χ0v) is 10.6. The number of sulfonamides is 1. The first-order valence-electron chi connectivity index (χ1n) is 4.82. The summed E-state index contributed by atoms with van der Waals surface area (Å²) >= 11 is 5.36. The molecule has 0 N–H and O–H groups in total. The second kappa shape index (κ2) is 6.35. The zero-order valence-electron chi connectivity index (χ0n) is 9.06. The Morgan fingerprint density at radius 1 is 1.39 bits per heavy atom. The molecule has 0 atom stereocenters. The van der Waals surface area contributed by atoms with Gasteiger partial charge < -0.3 is 0 Å². The predicted molar refractivity (Wildman–Crippen MR) is 59.7 cm³/mol. The van der Waals surface area contributed by atoms with Crippen LogP contribution in [0.25, 0.3) is 0 Å². The zero-order chi connectivity index (χ0) is 13.8. The first kappa shape index (κ1) is 15.2. The van der Waals surface area contributed by atoms with E-state index in [0.717, 1.165) is 18.5 Å². The molecule has 1 aromatic rings. The van der Waals surface area contributed by atoms with Gasteiger partial charge in [-0.1, -0.05) is 0 Å². The number of hydrogen-bond acceptors (Lipinski definition) is 3. The summed E-state index contributed by atoms with van der Waals surface area (Å²) in [6, 6.07) is 0.717.